The molecule has 0 spiro atoms. The molecule has 2 nitrogen and oxygen atoms in total. The first-order valence-electron chi connectivity index (χ1n) is 5.88. The van der Waals surface area contributed by atoms with Crippen molar-refractivity contribution in [2.24, 2.45) is 0 Å². The molecule has 2 aromatic rings. The van der Waals surface area contributed by atoms with E-state index in [-0.39, 0.29) is 5.78 Å². The number of carbonyl (C=O) groups is 1. The van der Waals surface area contributed by atoms with Gasteiger partial charge in [0.2, 0.25) is 5.78 Å². The molecule has 0 unspecified atom stereocenters. The highest BCUT2D eigenvalue weighted by molar-refractivity contribution is 6.31. The van der Waals surface area contributed by atoms with Crippen LogP contribution in [0.1, 0.15) is 38.4 Å². The number of H-pyrrole nitrogens is 1. The fraction of sp³-hybridized carbons (Fsp3) is 0.267. The summed E-state index contributed by atoms with van der Waals surface area (Å²) in [6.07, 6.45) is 0. The summed E-state index contributed by atoms with van der Waals surface area (Å²) >= 11 is 6.00. The summed E-state index contributed by atoms with van der Waals surface area (Å²) in [4.78, 5) is 15.6. The van der Waals surface area contributed by atoms with Gasteiger partial charge in [-0.3, -0.25) is 4.79 Å². The number of ketones is 1. The van der Waals surface area contributed by atoms with Crippen molar-refractivity contribution < 1.29 is 4.79 Å². The lowest BCUT2D eigenvalue weighted by Gasteiger charge is -2.03. The average Bonchev–Trinajstić information content (AvgIpc) is 2.55. The van der Waals surface area contributed by atoms with Gasteiger partial charge in [-0.15, -0.1) is 0 Å². The van der Waals surface area contributed by atoms with E-state index in [1.54, 1.807) is 6.07 Å². The number of hydrogen-bond donors (Lipinski definition) is 1. The Bertz CT molecular complexity index is 605. The largest absolute Gasteiger partial charge is 0.356 e. The molecule has 0 radical (unpaired) electrons. The minimum Gasteiger partial charge on any atom is -0.356 e. The lowest BCUT2D eigenvalue weighted by molar-refractivity contribution is 0.103. The van der Waals surface area contributed by atoms with E-state index in [2.05, 4.69) is 4.98 Å². The third-order valence-corrected chi connectivity index (χ3v) is 3.56. The number of benzene rings is 1. The molecule has 0 saturated carbocycles. The van der Waals surface area contributed by atoms with Gasteiger partial charge >= 0.3 is 0 Å². The third kappa shape index (κ3) is 2.21. The van der Waals surface area contributed by atoms with Crippen LogP contribution in [0.3, 0.4) is 0 Å². The van der Waals surface area contributed by atoms with Crippen LogP contribution in [-0.4, -0.2) is 10.8 Å². The normalized spacial score (nSPS) is 10.7. The third-order valence-electron chi connectivity index (χ3n) is 3.34. The van der Waals surface area contributed by atoms with E-state index in [9.17, 15) is 4.79 Å². The van der Waals surface area contributed by atoms with Crippen LogP contribution < -0.4 is 0 Å². The smallest absolute Gasteiger partial charge is 0.209 e. The Morgan fingerprint density at radius 1 is 1.06 bits per heavy atom. The Morgan fingerprint density at radius 3 is 2.22 bits per heavy atom. The van der Waals surface area contributed by atoms with E-state index in [4.69, 9.17) is 11.6 Å². The molecule has 1 N–H and O–H groups in total. The van der Waals surface area contributed by atoms with Crippen molar-refractivity contribution in [1.29, 1.82) is 0 Å². The summed E-state index contributed by atoms with van der Waals surface area (Å²) in [5.74, 6) is -0.00528. The zero-order valence-corrected chi connectivity index (χ0v) is 11.8. The zero-order chi connectivity index (χ0) is 13.4. The number of carbonyl (C=O) groups excluding carboxylic acids is 1. The highest BCUT2D eigenvalue weighted by Gasteiger charge is 2.17. The molecule has 2 rings (SSSR count). The molecule has 0 saturated heterocycles. The fourth-order valence-electron chi connectivity index (χ4n) is 2.08. The molecule has 0 aliphatic carbocycles. The van der Waals surface area contributed by atoms with Crippen molar-refractivity contribution in [2.75, 3.05) is 0 Å². The highest BCUT2D eigenvalue weighted by atomic mass is 35.5. The minimum atomic E-state index is -0.00528. The van der Waals surface area contributed by atoms with Gasteiger partial charge in [0.25, 0.3) is 0 Å². The molecule has 3 heteroatoms. The SMILES string of the molecule is Cc1cc(Cl)cc(C(=O)c2[nH]c(C)c(C)c2C)c1. The molecule has 0 aliphatic rings. The quantitative estimate of drug-likeness (QED) is 0.810. The first-order chi connectivity index (χ1) is 8.40. The molecule has 94 valence electrons. The molecule has 1 aromatic carbocycles. The molecular formula is C15H16ClNO. The lowest BCUT2D eigenvalue weighted by atomic mass is 10.0. The lowest BCUT2D eigenvalue weighted by Crippen LogP contribution is -2.04. The van der Waals surface area contributed by atoms with E-state index >= 15 is 0 Å². The zero-order valence-electron chi connectivity index (χ0n) is 11.0. The van der Waals surface area contributed by atoms with Crippen molar-refractivity contribution in [3.05, 3.63) is 56.9 Å². The van der Waals surface area contributed by atoms with Crippen molar-refractivity contribution >= 4 is 17.4 Å². The van der Waals surface area contributed by atoms with Gasteiger partial charge in [0.05, 0.1) is 5.69 Å². The van der Waals surface area contributed by atoms with Gasteiger partial charge in [-0.25, -0.2) is 0 Å². The monoisotopic (exact) mass is 261 g/mol. The average molecular weight is 262 g/mol. The molecule has 1 heterocycles. The Morgan fingerprint density at radius 2 is 1.72 bits per heavy atom. The Balaban J connectivity index is 2.51. The highest BCUT2D eigenvalue weighted by Crippen LogP contribution is 2.22. The molecule has 0 aliphatic heterocycles. The van der Waals surface area contributed by atoms with E-state index in [1.807, 2.05) is 39.8 Å². The predicted molar refractivity (Wildman–Crippen MR) is 74.6 cm³/mol. The summed E-state index contributed by atoms with van der Waals surface area (Å²) in [5.41, 5.74) is 5.46. The van der Waals surface area contributed by atoms with Crippen LogP contribution in [0.4, 0.5) is 0 Å². The standard InChI is InChI=1S/C15H16ClNO/c1-8-5-12(7-13(16)6-8)15(18)14-10(3)9(2)11(4)17-14/h5-7,17H,1-4H3. The first kappa shape index (κ1) is 12.9. The van der Waals surface area contributed by atoms with E-state index in [1.165, 1.54) is 0 Å². The maximum absolute atomic E-state index is 12.4. The van der Waals surface area contributed by atoms with E-state index in [0.717, 1.165) is 22.4 Å². The van der Waals surface area contributed by atoms with Gasteiger partial charge < -0.3 is 4.98 Å². The number of nitrogens with one attached hydrogen (secondary N) is 1. The predicted octanol–water partition coefficient (Wildman–Crippen LogP) is 4.13. The summed E-state index contributed by atoms with van der Waals surface area (Å²) in [7, 11) is 0. The Labute approximate surface area is 112 Å². The molecular weight excluding hydrogens is 246 g/mol. The van der Waals surface area contributed by atoms with Crippen LogP contribution >= 0.6 is 11.6 Å². The van der Waals surface area contributed by atoms with E-state index < -0.39 is 0 Å². The van der Waals surface area contributed by atoms with Gasteiger partial charge in [-0.05, 0) is 62.6 Å². The van der Waals surface area contributed by atoms with Crippen molar-refractivity contribution in [2.45, 2.75) is 27.7 Å². The van der Waals surface area contributed by atoms with Crippen LogP contribution in [0.5, 0.6) is 0 Å². The second kappa shape index (κ2) is 4.62. The number of aromatic amines is 1. The van der Waals surface area contributed by atoms with Gasteiger partial charge in [0.1, 0.15) is 0 Å². The van der Waals surface area contributed by atoms with Crippen LogP contribution in [0.2, 0.25) is 5.02 Å². The maximum atomic E-state index is 12.4. The second-order valence-electron chi connectivity index (χ2n) is 4.72. The summed E-state index contributed by atoms with van der Waals surface area (Å²) in [5, 5.41) is 0.594. The molecule has 18 heavy (non-hydrogen) atoms. The van der Waals surface area contributed by atoms with Crippen molar-refractivity contribution in [3.8, 4) is 0 Å². The van der Waals surface area contributed by atoms with Crippen LogP contribution in [0, 0.1) is 27.7 Å². The van der Waals surface area contributed by atoms with Gasteiger partial charge in [0.15, 0.2) is 0 Å². The van der Waals surface area contributed by atoms with Crippen molar-refractivity contribution in [3.63, 3.8) is 0 Å². The Hall–Kier alpha value is -1.54. The van der Waals surface area contributed by atoms with Crippen LogP contribution in [0.15, 0.2) is 18.2 Å². The van der Waals surface area contributed by atoms with Gasteiger partial charge in [0, 0.05) is 16.3 Å². The topological polar surface area (TPSA) is 32.9 Å². The number of aryl methyl sites for hydroxylation is 2. The molecule has 0 amide bonds. The van der Waals surface area contributed by atoms with Gasteiger partial charge in [-0.2, -0.15) is 0 Å². The number of hydrogen-bond acceptors (Lipinski definition) is 1. The summed E-state index contributed by atoms with van der Waals surface area (Å²) in [6, 6.07) is 5.41. The van der Waals surface area contributed by atoms with E-state index in [0.29, 0.717) is 16.3 Å². The summed E-state index contributed by atoms with van der Waals surface area (Å²) < 4.78 is 0. The molecule has 0 bridgehead atoms. The first-order valence-corrected chi connectivity index (χ1v) is 6.25. The van der Waals surface area contributed by atoms with Crippen LogP contribution in [0.25, 0.3) is 0 Å². The molecule has 1 aromatic heterocycles. The minimum absolute atomic E-state index is 0.00528. The van der Waals surface area contributed by atoms with Crippen molar-refractivity contribution in [1.82, 2.24) is 4.98 Å². The number of halogens is 1. The summed E-state index contributed by atoms with van der Waals surface area (Å²) in [6.45, 7) is 7.88. The second-order valence-corrected chi connectivity index (χ2v) is 5.16. The Kier molecular flexibility index (Phi) is 3.31. The number of rotatable bonds is 2. The number of aromatic nitrogens is 1. The fourth-order valence-corrected chi connectivity index (χ4v) is 2.37. The molecule has 0 atom stereocenters. The molecule has 0 fully saturated rings. The van der Waals surface area contributed by atoms with Gasteiger partial charge in [-0.1, -0.05) is 11.6 Å². The van der Waals surface area contributed by atoms with Crippen LogP contribution in [-0.2, 0) is 0 Å². The maximum Gasteiger partial charge on any atom is 0.209 e.